The quantitative estimate of drug-likeness (QED) is 0.799. The smallest absolute Gasteiger partial charge is 0.0802 e. The van der Waals surface area contributed by atoms with Crippen LogP contribution in [-0.4, -0.2) is 35.4 Å². The molecule has 1 aliphatic rings. The van der Waals surface area contributed by atoms with Crippen molar-refractivity contribution in [3.63, 3.8) is 0 Å². The van der Waals surface area contributed by atoms with Gasteiger partial charge < -0.3 is 10.0 Å². The van der Waals surface area contributed by atoms with Crippen LogP contribution in [-0.2, 0) is 0 Å². The van der Waals surface area contributed by atoms with Gasteiger partial charge in [-0.3, -0.25) is 0 Å². The maximum Gasteiger partial charge on any atom is 0.0802 e. The molecule has 0 aliphatic carbocycles. The number of aliphatic hydroxyl groups is 1. The van der Waals surface area contributed by atoms with Crippen molar-refractivity contribution >= 4 is 11.8 Å². The SMILES string of the molecule is CCC1CCCCN1CCC(O)c1ccc(SC)cc1. The molecule has 2 unspecified atom stereocenters. The summed E-state index contributed by atoms with van der Waals surface area (Å²) in [6.07, 6.45) is 7.84. The molecule has 0 aromatic heterocycles. The summed E-state index contributed by atoms with van der Waals surface area (Å²) in [6.45, 7) is 4.50. The zero-order chi connectivity index (χ0) is 14.4. The summed E-state index contributed by atoms with van der Waals surface area (Å²) in [6, 6.07) is 9.04. The zero-order valence-corrected chi connectivity index (χ0v) is 13.5. The van der Waals surface area contributed by atoms with Gasteiger partial charge in [0.2, 0.25) is 0 Å². The molecule has 3 heteroatoms. The molecule has 0 saturated carbocycles. The summed E-state index contributed by atoms with van der Waals surface area (Å²) in [5.41, 5.74) is 1.05. The van der Waals surface area contributed by atoms with Crippen molar-refractivity contribution in [2.75, 3.05) is 19.3 Å². The molecule has 0 bridgehead atoms. The van der Waals surface area contributed by atoms with E-state index in [0.717, 1.165) is 24.6 Å². The van der Waals surface area contributed by atoms with Gasteiger partial charge in [-0.05, 0) is 56.2 Å². The number of benzene rings is 1. The third kappa shape index (κ3) is 4.24. The normalized spacial score (nSPS) is 21.9. The summed E-state index contributed by atoms with van der Waals surface area (Å²) in [5, 5.41) is 10.3. The number of aliphatic hydroxyl groups excluding tert-OH is 1. The van der Waals surface area contributed by atoms with Crippen molar-refractivity contribution in [2.24, 2.45) is 0 Å². The number of hydrogen-bond donors (Lipinski definition) is 1. The maximum atomic E-state index is 10.3. The third-order valence-corrected chi connectivity index (χ3v) is 5.15. The van der Waals surface area contributed by atoms with E-state index in [1.165, 1.54) is 37.1 Å². The third-order valence-electron chi connectivity index (χ3n) is 4.41. The van der Waals surface area contributed by atoms with Crippen LogP contribution >= 0.6 is 11.8 Å². The van der Waals surface area contributed by atoms with Gasteiger partial charge in [-0.25, -0.2) is 0 Å². The topological polar surface area (TPSA) is 23.5 Å². The molecule has 1 aliphatic heterocycles. The Bertz CT molecular complexity index is 392. The lowest BCUT2D eigenvalue weighted by Crippen LogP contribution is -2.40. The predicted octanol–water partition coefficient (Wildman–Crippen LogP) is 4.10. The minimum atomic E-state index is -0.328. The molecule has 1 fully saturated rings. The summed E-state index contributed by atoms with van der Waals surface area (Å²) in [5.74, 6) is 0. The van der Waals surface area contributed by atoms with Crippen molar-refractivity contribution in [3.8, 4) is 0 Å². The van der Waals surface area contributed by atoms with Crippen molar-refractivity contribution in [2.45, 2.75) is 56.1 Å². The molecule has 1 aromatic rings. The fourth-order valence-electron chi connectivity index (χ4n) is 3.10. The lowest BCUT2D eigenvalue weighted by Gasteiger charge is -2.35. The molecule has 1 saturated heterocycles. The van der Waals surface area contributed by atoms with E-state index in [1.54, 1.807) is 11.8 Å². The number of thioether (sulfide) groups is 1. The highest BCUT2D eigenvalue weighted by molar-refractivity contribution is 7.98. The molecule has 0 radical (unpaired) electrons. The van der Waals surface area contributed by atoms with E-state index >= 15 is 0 Å². The van der Waals surface area contributed by atoms with Gasteiger partial charge >= 0.3 is 0 Å². The van der Waals surface area contributed by atoms with Gasteiger partial charge in [0.25, 0.3) is 0 Å². The van der Waals surface area contributed by atoms with E-state index < -0.39 is 0 Å². The second kappa shape index (κ2) is 8.06. The average molecular weight is 293 g/mol. The van der Waals surface area contributed by atoms with Gasteiger partial charge in [0, 0.05) is 17.5 Å². The first kappa shape index (κ1) is 15.9. The van der Waals surface area contributed by atoms with Crippen LogP contribution in [0.4, 0.5) is 0 Å². The fourth-order valence-corrected chi connectivity index (χ4v) is 3.51. The second-order valence-corrected chi connectivity index (χ2v) is 6.55. The Labute approximate surface area is 127 Å². The van der Waals surface area contributed by atoms with E-state index in [-0.39, 0.29) is 6.10 Å². The highest BCUT2D eigenvalue weighted by Gasteiger charge is 2.21. The Balaban J connectivity index is 1.85. The Hall–Kier alpha value is -0.510. The van der Waals surface area contributed by atoms with Gasteiger partial charge in [-0.2, -0.15) is 0 Å². The molecule has 112 valence electrons. The van der Waals surface area contributed by atoms with Gasteiger partial charge in [0.1, 0.15) is 0 Å². The van der Waals surface area contributed by atoms with Crippen LogP contribution in [0, 0.1) is 0 Å². The van der Waals surface area contributed by atoms with Gasteiger partial charge in [-0.1, -0.05) is 25.5 Å². The minimum absolute atomic E-state index is 0.328. The van der Waals surface area contributed by atoms with E-state index in [4.69, 9.17) is 0 Å². The molecule has 2 atom stereocenters. The predicted molar refractivity (Wildman–Crippen MR) is 87.3 cm³/mol. The Morgan fingerprint density at radius 3 is 2.70 bits per heavy atom. The molecule has 1 aromatic carbocycles. The molecule has 0 spiro atoms. The molecule has 1 N–H and O–H groups in total. The zero-order valence-electron chi connectivity index (χ0n) is 12.7. The van der Waals surface area contributed by atoms with Crippen LogP contribution in [0.5, 0.6) is 0 Å². The Morgan fingerprint density at radius 2 is 2.05 bits per heavy atom. The number of nitrogens with zero attached hydrogens (tertiary/aromatic N) is 1. The summed E-state index contributed by atoms with van der Waals surface area (Å²) in [4.78, 5) is 3.83. The first-order valence-corrected chi connectivity index (χ1v) is 9.03. The van der Waals surface area contributed by atoms with Crippen molar-refractivity contribution in [1.82, 2.24) is 4.90 Å². The average Bonchev–Trinajstić information content (AvgIpc) is 2.53. The lowest BCUT2D eigenvalue weighted by molar-refractivity contribution is 0.101. The molecular weight excluding hydrogens is 266 g/mol. The summed E-state index contributed by atoms with van der Waals surface area (Å²) >= 11 is 1.74. The Morgan fingerprint density at radius 1 is 1.30 bits per heavy atom. The number of piperidine rings is 1. The van der Waals surface area contributed by atoms with E-state index in [9.17, 15) is 5.11 Å². The van der Waals surface area contributed by atoms with E-state index in [1.807, 2.05) is 0 Å². The van der Waals surface area contributed by atoms with E-state index in [2.05, 4.69) is 42.3 Å². The molecule has 0 amide bonds. The van der Waals surface area contributed by atoms with Gasteiger partial charge in [-0.15, -0.1) is 11.8 Å². The number of hydrogen-bond acceptors (Lipinski definition) is 3. The largest absolute Gasteiger partial charge is 0.388 e. The van der Waals surface area contributed by atoms with Crippen LogP contribution in [0.2, 0.25) is 0 Å². The maximum absolute atomic E-state index is 10.3. The minimum Gasteiger partial charge on any atom is -0.388 e. The fraction of sp³-hybridized carbons (Fsp3) is 0.647. The standard InChI is InChI=1S/C17H27NOS/c1-3-15-6-4-5-12-18(15)13-11-17(19)14-7-9-16(20-2)10-8-14/h7-10,15,17,19H,3-6,11-13H2,1-2H3. The van der Waals surface area contributed by atoms with Gasteiger partial charge in [0.05, 0.1) is 6.10 Å². The summed E-state index contributed by atoms with van der Waals surface area (Å²) < 4.78 is 0. The number of likely N-dealkylation sites (tertiary alicyclic amines) is 1. The monoisotopic (exact) mass is 293 g/mol. The highest BCUT2D eigenvalue weighted by Crippen LogP contribution is 2.24. The van der Waals surface area contributed by atoms with Gasteiger partial charge in [0.15, 0.2) is 0 Å². The first-order valence-electron chi connectivity index (χ1n) is 7.80. The highest BCUT2D eigenvalue weighted by atomic mass is 32.2. The van der Waals surface area contributed by atoms with Crippen molar-refractivity contribution in [1.29, 1.82) is 0 Å². The number of rotatable bonds is 6. The molecular formula is C17H27NOS. The van der Waals surface area contributed by atoms with Crippen LogP contribution < -0.4 is 0 Å². The first-order chi connectivity index (χ1) is 9.74. The van der Waals surface area contributed by atoms with Crippen LogP contribution in [0.3, 0.4) is 0 Å². The van der Waals surface area contributed by atoms with E-state index in [0.29, 0.717) is 0 Å². The lowest BCUT2D eigenvalue weighted by atomic mass is 9.99. The van der Waals surface area contributed by atoms with Crippen LogP contribution in [0.15, 0.2) is 29.2 Å². The Kier molecular flexibility index (Phi) is 6.40. The van der Waals surface area contributed by atoms with Crippen molar-refractivity contribution in [3.05, 3.63) is 29.8 Å². The second-order valence-electron chi connectivity index (χ2n) is 5.67. The van der Waals surface area contributed by atoms with Crippen molar-refractivity contribution < 1.29 is 5.11 Å². The molecule has 2 nitrogen and oxygen atoms in total. The molecule has 20 heavy (non-hydrogen) atoms. The van der Waals surface area contributed by atoms with Crippen LogP contribution in [0.1, 0.15) is 50.7 Å². The van der Waals surface area contributed by atoms with Crippen LogP contribution in [0.25, 0.3) is 0 Å². The molecule has 1 heterocycles. The molecule has 2 rings (SSSR count). The summed E-state index contributed by atoms with van der Waals surface area (Å²) in [7, 11) is 0.